The molecule has 6 heteroatoms. The van der Waals surface area contributed by atoms with Gasteiger partial charge in [0.2, 0.25) is 0 Å². The van der Waals surface area contributed by atoms with Crippen LogP contribution in [0.25, 0.3) is 0 Å². The summed E-state index contributed by atoms with van der Waals surface area (Å²) in [6, 6.07) is 6.55. The third kappa shape index (κ3) is 3.91. The Balaban J connectivity index is 1.79. The molecule has 142 valence electrons. The first kappa shape index (κ1) is 18.9. The summed E-state index contributed by atoms with van der Waals surface area (Å²) in [6.45, 7) is 1.22. The minimum atomic E-state index is -0.142. The van der Waals surface area contributed by atoms with Crippen molar-refractivity contribution in [2.75, 3.05) is 26.3 Å². The fourth-order valence-electron chi connectivity index (χ4n) is 4.03. The second-order valence-electron chi connectivity index (χ2n) is 7.24. The third-order valence-electron chi connectivity index (χ3n) is 5.55. The summed E-state index contributed by atoms with van der Waals surface area (Å²) in [5.41, 5.74) is 0.961. The zero-order chi connectivity index (χ0) is 18.5. The molecule has 0 saturated carbocycles. The van der Waals surface area contributed by atoms with Crippen molar-refractivity contribution in [2.24, 2.45) is 0 Å². The molecule has 2 atom stereocenters. The Kier molecular flexibility index (Phi) is 6.27. The second-order valence-corrected chi connectivity index (χ2v) is 7.24. The smallest absolute Gasteiger partial charge is 0.254 e. The lowest BCUT2D eigenvalue weighted by molar-refractivity contribution is 0.0498. The van der Waals surface area contributed by atoms with E-state index >= 15 is 0 Å². The van der Waals surface area contributed by atoms with Gasteiger partial charge in [0.25, 0.3) is 11.8 Å². The minimum absolute atomic E-state index is 0.0314. The van der Waals surface area contributed by atoms with E-state index in [0.717, 1.165) is 38.5 Å². The van der Waals surface area contributed by atoms with Gasteiger partial charge in [-0.3, -0.25) is 9.59 Å². The number of amides is 2. The number of benzene rings is 1. The van der Waals surface area contributed by atoms with Crippen molar-refractivity contribution in [1.82, 2.24) is 9.80 Å². The first-order valence-electron chi connectivity index (χ1n) is 9.59. The van der Waals surface area contributed by atoms with Gasteiger partial charge in [0.1, 0.15) is 0 Å². The van der Waals surface area contributed by atoms with E-state index in [4.69, 9.17) is 0 Å². The number of piperidine rings is 2. The van der Waals surface area contributed by atoms with Crippen molar-refractivity contribution in [1.29, 1.82) is 0 Å². The first-order valence-corrected chi connectivity index (χ1v) is 9.59. The topological polar surface area (TPSA) is 81.1 Å². The Labute approximate surface area is 154 Å². The molecule has 2 aliphatic rings. The van der Waals surface area contributed by atoms with E-state index in [1.807, 2.05) is 0 Å². The van der Waals surface area contributed by atoms with Crippen LogP contribution in [0.4, 0.5) is 0 Å². The molecule has 2 saturated heterocycles. The summed E-state index contributed by atoms with van der Waals surface area (Å²) in [5.74, 6) is -0.258. The number of nitrogens with zero attached hydrogens (tertiary/aromatic N) is 2. The summed E-state index contributed by atoms with van der Waals surface area (Å²) in [7, 11) is 0. The van der Waals surface area contributed by atoms with Crippen molar-refractivity contribution < 1.29 is 19.8 Å². The average Bonchev–Trinajstić information content (AvgIpc) is 2.72. The summed E-state index contributed by atoms with van der Waals surface area (Å²) in [4.78, 5) is 29.2. The van der Waals surface area contributed by atoms with Crippen LogP contribution >= 0.6 is 0 Å². The van der Waals surface area contributed by atoms with Crippen molar-refractivity contribution in [3.8, 4) is 0 Å². The molecule has 0 aromatic heterocycles. The van der Waals surface area contributed by atoms with Crippen molar-refractivity contribution in [2.45, 2.75) is 50.6 Å². The predicted molar refractivity (Wildman–Crippen MR) is 98.0 cm³/mol. The molecule has 2 N–H and O–H groups in total. The number of aliphatic hydroxyl groups excluding tert-OH is 2. The molecule has 0 spiro atoms. The zero-order valence-electron chi connectivity index (χ0n) is 15.1. The van der Waals surface area contributed by atoms with Gasteiger partial charge < -0.3 is 20.0 Å². The monoisotopic (exact) mass is 360 g/mol. The van der Waals surface area contributed by atoms with Gasteiger partial charge in [-0.15, -0.1) is 0 Å². The fourth-order valence-corrected chi connectivity index (χ4v) is 4.03. The molecule has 2 amide bonds. The van der Waals surface area contributed by atoms with Crippen LogP contribution in [0, 0.1) is 0 Å². The maximum absolute atomic E-state index is 12.9. The average molecular weight is 360 g/mol. The summed E-state index contributed by atoms with van der Waals surface area (Å²) in [5, 5.41) is 19.1. The normalized spacial score (nSPS) is 23.8. The Morgan fingerprint density at radius 2 is 1.31 bits per heavy atom. The van der Waals surface area contributed by atoms with Gasteiger partial charge in [0.15, 0.2) is 0 Å². The lowest BCUT2D eigenvalue weighted by atomic mass is 9.99. The quantitative estimate of drug-likeness (QED) is 0.856. The molecular weight excluding hydrogens is 332 g/mol. The number of hydrogen-bond donors (Lipinski definition) is 2. The fraction of sp³-hybridized carbons (Fsp3) is 0.600. The van der Waals surface area contributed by atoms with E-state index < -0.39 is 0 Å². The van der Waals surface area contributed by atoms with Crippen LogP contribution in [-0.4, -0.2) is 70.2 Å². The first-order chi connectivity index (χ1) is 12.7. The predicted octanol–water partition coefficient (Wildman–Crippen LogP) is 1.66. The number of carbonyl (C=O) groups excluding carboxylic acids is 2. The van der Waals surface area contributed by atoms with Gasteiger partial charge in [-0.05, 0) is 56.7 Å². The lowest BCUT2D eigenvalue weighted by Crippen LogP contribution is -2.46. The van der Waals surface area contributed by atoms with Gasteiger partial charge in [-0.2, -0.15) is 0 Å². The van der Waals surface area contributed by atoms with Crippen LogP contribution < -0.4 is 0 Å². The maximum Gasteiger partial charge on any atom is 0.254 e. The maximum atomic E-state index is 12.9. The lowest BCUT2D eigenvalue weighted by Gasteiger charge is -2.35. The van der Waals surface area contributed by atoms with Crippen LogP contribution in [0.2, 0.25) is 0 Å². The molecule has 3 rings (SSSR count). The molecule has 1 aromatic carbocycles. The highest BCUT2D eigenvalue weighted by Gasteiger charge is 2.29. The summed E-state index contributed by atoms with van der Waals surface area (Å²) in [6.07, 6.45) is 5.54. The van der Waals surface area contributed by atoms with Crippen molar-refractivity contribution in [3.05, 3.63) is 35.4 Å². The molecule has 2 unspecified atom stereocenters. The van der Waals surface area contributed by atoms with Gasteiger partial charge in [-0.1, -0.05) is 6.07 Å². The summed E-state index contributed by atoms with van der Waals surface area (Å²) >= 11 is 0. The molecule has 0 radical (unpaired) electrons. The molecule has 6 nitrogen and oxygen atoms in total. The number of aliphatic hydroxyl groups is 2. The molecule has 26 heavy (non-hydrogen) atoms. The Morgan fingerprint density at radius 3 is 1.73 bits per heavy atom. The molecule has 2 aliphatic heterocycles. The minimum Gasteiger partial charge on any atom is -0.394 e. The van der Waals surface area contributed by atoms with Gasteiger partial charge in [-0.25, -0.2) is 0 Å². The van der Waals surface area contributed by atoms with Gasteiger partial charge >= 0.3 is 0 Å². The van der Waals surface area contributed by atoms with Crippen LogP contribution in [0.15, 0.2) is 24.3 Å². The molecule has 2 heterocycles. The summed E-state index contributed by atoms with van der Waals surface area (Å²) < 4.78 is 0. The second kappa shape index (κ2) is 8.64. The highest BCUT2D eigenvalue weighted by atomic mass is 16.3. The van der Waals surface area contributed by atoms with Crippen LogP contribution in [0.3, 0.4) is 0 Å². The Morgan fingerprint density at radius 1 is 0.846 bits per heavy atom. The standard InChI is InChI=1S/C20H28N2O4/c23-13-17-8-1-3-10-21(17)19(25)15-6-5-7-16(12-15)20(26)22-11-4-2-9-18(22)14-24/h5-7,12,17-18,23-24H,1-4,8-11,13-14H2. The SMILES string of the molecule is O=C(c1cccc(C(=O)N2CCCCC2CO)c1)N1CCCCC1CO. The van der Waals surface area contributed by atoms with Crippen LogP contribution in [0.1, 0.15) is 59.2 Å². The van der Waals surface area contributed by atoms with Gasteiger partial charge in [0.05, 0.1) is 25.3 Å². The van der Waals surface area contributed by atoms with E-state index in [1.54, 1.807) is 34.1 Å². The molecule has 0 aliphatic carbocycles. The van der Waals surface area contributed by atoms with Crippen LogP contribution in [-0.2, 0) is 0 Å². The molecular formula is C20H28N2O4. The van der Waals surface area contributed by atoms with E-state index in [9.17, 15) is 19.8 Å². The Hall–Kier alpha value is -1.92. The molecule has 0 bridgehead atoms. The third-order valence-corrected chi connectivity index (χ3v) is 5.55. The van der Waals surface area contributed by atoms with Gasteiger partial charge in [0, 0.05) is 24.2 Å². The number of carbonyl (C=O) groups is 2. The number of likely N-dealkylation sites (tertiary alicyclic amines) is 2. The van der Waals surface area contributed by atoms with E-state index in [0.29, 0.717) is 24.2 Å². The largest absolute Gasteiger partial charge is 0.394 e. The number of rotatable bonds is 4. The highest BCUT2D eigenvalue weighted by molar-refractivity contribution is 6.00. The Bertz CT molecular complexity index is 597. The van der Waals surface area contributed by atoms with Crippen molar-refractivity contribution >= 4 is 11.8 Å². The van der Waals surface area contributed by atoms with Crippen molar-refractivity contribution in [3.63, 3.8) is 0 Å². The zero-order valence-corrected chi connectivity index (χ0v) is 15.1. The van der Waals surface area contributed by atoms with Crippen LogP contribution in [0.5, 0.6) is 0 Å². The van der Waals surface area contributed by atoms with E-state index in [1.165, 1.54) is 0 Å². The molecule has 1 aromatic rings. The highest BCUT2D eigenvalue weighted by Crippen LogP contribution is 2.22. The van der Waals surface area contributed by atoms with E-state index in [2.05, 4.69) is 0 Å². The van der Waals surface area contributed by atoms with E-state index in [-0.39, 0.29) is 37.1 Å². The molecule has 2 fully saturated rings. The number of hydrogen-bond acceptors (Lipinski definition) is 4.